The van der Waals surface area contributed by atoms with E-state index in [0.717, 1.165) is 12.8 Å². The lowest BCUT2D eigenvalue weighted by Crippen LogP contribution is -2.30. The van der Waals surface area contributed by atoms with E-state index in [1.165, 1.54) is 5.56 Å². The lowest BCUT2D eigenvalue weighted by Gasteiger charge is -2.13. The zero-order valence-corrected chi connectivity index (χ0v) is 11.5. The fourth-order valence-corrected chi connectivity index (χ4v) is 1.84. The maximum absolute atomic E-state index is 11.9. The van der Waals surface area contributed by atoms with Gasteiger partial charge in [-0.2, -0.15) is 0 Å². The summed E-state index contributed by atoms with van der Waals surface area (Å²) in [6.07, 6.45) is 1.77. The first-order valence-corrected chi connectivity index (χ1v) is 6.65. The number of carboxylic acid groups (broad SMARTS) is 1. The number of benzene rings is 1. The molecule has 0 saturated carbocycles. The SMILES string of the molecule is CCc1ccc(C(=O)NCC(CC)CC(=O)O)cc1. The van der Waals surface area contributed by atoms with Crippen molar-refractivity contribution in [3.8, 4) is 0 Å². The van der Waals surface area contributed by atoms with E-state index in [2.05, 4.69) is 12.2 Å². The van der Waals surface area contributed by atoms with Gasteiger partial charge in [0.2, 0.25) is 0 Å². The van der Waals surface area contributed by atoms with E-state index >= 15 is 0 Å². The van der Waals surface area contributed by atoms with Gasteiger partial charge in [0.25, 0.3) is 5.91 Å². The van der Waals surface area contributed by atoms with Crippen molar-refractivity contribution in [3.05, 3.63) is 35.4 Å². The van der Waals surface area contributed by atoms with E-state index in [0.29, 0.717) is 12.1 Å². The van der Waals surface area contributed by atoms with Crippen LogP contribution < -0.4 is 5.32 Å². The molecule has 0 aliphatic rings. The largest absolute Gasteiger partial charge is 0.481 e. The van der Waals surface area contributed by atoms with Crippen LogP contribution in [0.2, 0.25) is 0 Å². The van der Waals surface area contributed by atoms with Gasteiger partial charge in [0.15, 0.2) is 0 Å². The Bertz CT molecular complexity index is 426. The van der Waals surface area contributed by atoms with Crippen molar-refractivity contribution in [2.45, 2.75) is 33.1 Å². The Kier molecular flexibility index (Phi) is 6.06. The molecule has 1 rings (SSSR count). The Balaban J connectivity index is 2.51. The highest BCUT2D eigenvalue weighted by atomic mass is 16.4. The highest BCUT2D eigenvalue weighted by Gasteiger charge is 2.13. The van der Waals surface area contributed by atoms with Crippen molar-refractivity contribution >= 4 is 11.9 Å². The van der Waals surface area contributed by atoms with Gasteiger partial charge < -0.3 is 10.4 Å². The maximum Gasteiger partial charge on any atom is 0.303 e. The predicted octanol–water partition coefficient (Wildman–Crippen LogP) is 2.48. The van der Waals surface area contributed by atoms with Gasteiger partial charge in [-0.3, -0.25) is 9.59 Å². The summed E-state index contributed by atoms with van der Waals surface area (Å²) in [5.41, 5.74) is 1.80. The summed E-state index contributed by atoms with van der Waals surface area (Å²) in [6, 6.07) is 7.46. The molecule has 0 heterocycles. The molecule has 1 aromatic carbocycles. The van der Waals surface area contributed by atoms with E-state index in [4.69, 9.17) is 5.11 Å². The molecular weight excluding hydrogens is 242 g/mol. The number of hydrogen-bond acceptors (Lipinski definition) is 2. The van der Waals surface area contributed by atoms with Crippen molar-refractivity contribution in [1.82, 2.24) is 5.32 Å². The summed E-state index contributed by atoms with van der Waals surface area (Å²) in [5, 5.41) is 11.5. The Morgan fingerprint density at radius 2 is 1.84 bits per heavy atom. The Labute approximate surface area is 113 Å². The molecule has 0 fully saturated rings. The van der Waals surface area contributed by atoms with Crippen molar-refractivity contribution in [3.63, 3.8) is 0 Å². The topological polar surface area (TPSA) is 66.4 Å². The minimum atomic E-state index is -0.826. The minimum Gasteiger partial charge on any atom is -0.481 e. The van der Waals surface area contributed by atoms with E-state index in [1.54, 1.807) is 12.1 Å². The average Bonchev–Trinajstić information content (AvgIpc) is 2.42. The molecule has 0 aliphatic heterocycles. The quantitative estimate of drug-likeness (QED) is 0.794. The molecular formula is C15H21NO3. The van der Waals surface area contributed by atoms with E-state index in [-0.39, 0.29) is 18.2 Å². The third kappa shape index (κ3) is 5.12. The van der Waals surface area contributed by atoms with Crippen LogP contribution in [0.5, 0.6) is 0 Å². The standard InChI is InChI=1S/C15H21NO3/c1-3-11-5-7-13(8-6-11)15(19)16-10-12(4-2)9-14(17)18/h5-8,12H,3-4,9-10H2,1-2H3,(H,16,19)(H,17,18). The predicted molar refractivity (Wildman–Crippen MR) is 74.2 cm³/mol. The zero-order valence-electron chi connectivity index (χ0n) is 11.5. The normalized spacial score (nSPS) is 11.9. The van der Waals surface area contributed by atoms with Crippen molar-refractivity contribution < 1.29 is 14.7 Å². The van der Waals surface area contributed by atoms with Gasteiger partial charge in [-0.1, -0.05) is 32.4 Å². The van der Waals surface area contributed by atoms with Gasteiger partial charge in [-0.05, 0) is 30.0 Å². The summed E-state index contributed by atoms with van der Waals surface area (Å²) >= 11 is 0. The van der Waals surface area contributed by atoms with Crippen LogP contribution in [0.4, 0.5) is 0 Å². The third-order valence-corrected chi connectivity index (χ3v) is 3.22. The highest BCUT2D eigenvalue weighted by molar-refractivity contribution is 5.94. The van der Waals surface area contributed by atoms with Crippen LogP contribution in [0.15, 0.2) is 24.3 Å². The van der Waals surface area contributed by atoms with Crippen LogP contribution in [0.1, 0.15) is 42.6 Å². The number of aryl methyl sites for hydroxylation is 1. The molecule has 0 spiro atoms. The van der Waals surface area contributed by atoms with Crippen LogP contribution in [0.25, 0.3) is 0 Å². The first kappa shape index (κ1) is 15.2. The summed E-state index contributed by atoms with van der Waals surface area (Å²) in [4.78, 5) is 22.5. The second kappa shape index (κ2) is 7.56. The van der Waals surface area contributed by atoms with Gasteiger partial charge in [-0.15, -0.1) is 0 Å². The zero-order chi connectivity index (χ0) is 14.3. The molecule has 2 N–H and O–H groups in total. The molecule has 0 aromatic heterocycles. The first-order valence-electron chi connectivity index (χ1n) is 6.65. The number of carbonyl (C=O) groups excluding carboxylic acids is 1. The van der Waals surface area contributed by atoms with Crippen LogP contribution in [-0.2, 0) is 11.2 Å². The molecule has 0 bridgehead atoms. The lowest BCUT2D eigenvalue weighted by atomic mass is 10.0. The summed E-state index contributed by atoms with van der Waals surface area (Å²) in [7, 11) is 0. The number of carboxylic acids is 1. The molecule has 0 radical (unpaired) electrons. The Morgan fingerprint density at radius 3 is 2.32 bits per heavy atom. The second-order valence-electron chi connectivity index (χ2n) is 4.63. The second-order valence-corrected chi connectivity index (χ2v) is 4.63. The van der Waals surface area contributed by atoms with Crippen LogP contribution in [0.3, 0.4) is 0 Å². The van der Waals surface area contributed by atoms with E-state index in [9.17, 15) is 9.59 Å². The first-order chi connectivity index (χ1) is 9.06. The molecule has 0 aliphatic carbocycles. The maximum atomic E-state index is 11.9. The average molecular weight is 263 g/mol. The molecule has 19 heavy (non-hydrogen) atoms. The van der Waals surface area contributed by atoms with Crippen molar-refractivity contribution in [2.75, 3.05) is 6.54 Å². The number of aliphatic carboxylic acids is 1. The van der Waals surface area contributed by atoms with Gasteiger partial charge in [0.05, 0.1) is 0 Å². The molecule has 1 aromatic rings. The number of hydrogen-bond donors (Lipinski definition) is 2. The van der Waals surface area contributed by atoms with Crippen molar-refractivity contribution in [2.24, 2.45) is 5.92 Å². The molecule has 4 heteroatoms. The highest BCUT2D eigenvalue weighted by Crippen LogP contribution is 2.08. The van der Waals surface area contributed by atoms with Gasteiger partial charge >= 0.3 is 5.97 Å². The molecule has 4 nitrogen and oxygen atoms in total. The number of carbonyl (C=O) groups is 2. The van der Waals surface area contributed by atoms with E-state index in [1.807, 2.05) is 19.1 Å². The number of amides is 1. The van der Waals surface area contributed by atoms with E-state index < -0.39 is 5.97 Å². The minimum absolute atomic E-state index is 0.0173. The number of rotatable bonds is 7. The lowest BCUT2D eigenvalue weighted by molar-refractivity contribution is -0.138. The fourth-order valence-electron chi connectivity index (χ4n) is 1.84. The van der Waals surface area contributed by atoms with Gasteiger partial charge in [0.1, 0.15) is 0 Å². The summed E-state index contributed by atoms with van der Waals surface area (Å²) in [6.45, 7) is 4.39. The Morgan fingerprint density at radius 1 is 1.21 bits per heavy atom. The smallest absolute Gasteiger partial charge is 0.303 e. The van der Waals surface area contributed by atoms with Crippen LogP contribution in [-0.4, -0.2) is 23.5 Å². The third-order valence-electron chi connectivity index (χ3n) is 3.22. The monoisotopic (exact) mass is 263 g/mol. The van der Waals surface area contributed by atoms with Gasteiger partial charge in [-0.25, -0.2) is 0 Å². The van der Waals surface area contributed by atoms with Crippen LogP contribution in [0, 0.1) is 5.92 Å². The van der Waals surface area contributed by atoms with Crippen molar-refractivity contribution in [1.29, 1.82) is 0 Å². The molecule has 1 unspecified atom stereocenters. The molecule has 104 valence electrons. The molecule has 1 atom stereocenters. The fraction of sp³-hybridized carbons (Fsp3) is 0.467. The van der Waals surface area contributed by atoms with Crippen LogP contribution >= 0.6 is 0 Å². The molecule has 1 amide bonds. The van der Waals surface area contributed by atoms with Gasteiger partial charge in [0, 0.05) is 18.5 Å². The summed E-state index contributed by atoms with van der Waals surface area (Å²) in [5.74, 6) is -0.990. The molecule has 0 saturated heterocycles. The summed E-state index contributed by atoms with van der Waals surface area (Å²) < 4.78 is 0. The Hall–Kier alpha value is -1.84. The number of nitrogens with one attached hydrogen (secondary N) is 1.